The molecule has 1 aliphatic carbocycles. The molecule has 3 amide bonds. The van der Waals surface area contributed by atoms with Gasteiger partial charge in [0, 0.05) is 24.6 Å². The number of carbonyl (C=O) groups excluding carboxylic acids is 3. The minimum Gasteiger partial charge on any atom is -0.345 e. The fourth-order valence-electron chi connectivity index (χ4n) is 4.54. The molecule has 0 saturated heterocycles. The lowest BCUT2D eigenvalue weighted by molar-refractivity contribution is -0.131. The predicted octanol–water partition coefficient (Wildman–Crippen LogP) is 3.03. The van der Waals surface area contributed by atoms with Gasteiger partial charge >= 0.3 is 0 Å². The van der Waals surface area contributed by atoms with Gasteiger partial charge in [0.25, 0.3) is 5.91 Å². The van der Waals surface area contributed by atoms with Gasteiger partial charge in [0.15, 0.2) is 0 Å². The number of nitrogens with zero attached hydrogens (tertiary/aromatic N) is 2. The zero-order chi connectivity index (χ0) is 23.4. The Morgan fingerprint density at radius 3 is 2.45 bits per heavy atom. The third kappa shape index (κ3) is 5.13. The van der Waals surface area contributed by atoms with Crippen LogP contribution in [0.3, 0.4) is 0 Å². The summed E-state index contributed by atoms with van der Waals surface area (Å²) in [5.41, 5.74) is 3.02. The van der Waals surface area contributed by atoms with E-state index in [1.165, 1.54) is 4.90 Å². The first kappa shape index (κ1) is 22.7. The molecule has 2 aromatic rings. The van der Waals surface area contributed by atoms with Crippen molar-refractivity contribution in [3.63, 3.8) is 0 Å². The molecule has 7 heteroatoms. The lowest BCUT2D eigenvalue weighted by Crippen LogP contribution is -2.52. The molecule has 1 aliphatic heterocycles. The second-order valence-corrected chi connectivity index (χ2v) is 8.81. The van der Waals surface area contributed by atoms with Crippen molar-refractivity contribution < 1.29 is 14.4 Å². The third-order valence-corrected chi connectivity index (χ3v) is 6.39. The molecule has 1 fully saturated rings. The molecule has 0 radical (unpaired) electrons. The van der Waals surface area contributed by atoms with Gasteiger partial charge in [0.2, 0.25) is 18.0 Å². The smallest absolute Gasteiger partial charge is 0.272 e. The van der Waals surface area contributed by atoms with Crippen LogP contribution >= 0.6 is 0 Å². The van der Waals surface area contributed by atoms with Crippen LogP contribution < -0.4 is 15.5 Å². The molecular formula is C26H30N4O3. The molecule has 0 unspecified atom stereocenters. The minimum atomic E-state index is -1.10. The molecular weight excluding hydrogens is 416 g/mol. The molecule has 0 bridgehead atoms. The van der Waals surface area contributed by atoms with E-state index >= 15 is 0 Å². The van der Waals surface area contributed by atoms with E-state index in [-0.39, 0.29) is 11.8 Å². The summed E-state index contributed by atoms with van der Waals surface area (Å²) in [4.78, 5) is 44.7. The van der Waals surface area contributed by atoms with Crippen LogP contribution in [0.15, 0.2) is 59.6 Å². The van der Waals surface area contributed by atoms with E-state index in [9.17, 15) is 14.4 Å². The van der Waals surface area contributed by atoms with Gasteiger partial charge in [0.05, 0.1) is 11.4 Å². The average Bonchev–Trinajstić information content (AvgIpc) is 3.30. The van der Waals surface area contributed by atoms with Gasteiger partial charge in [-0.1, -0.05) is 61.4 Å². The number of para-hydroxylation sites is 1. The van der Waals surface area contributed by atoms with Gasteiger partial charge < -0.3 is 15.5 Å². The fourth-order valence-corrected chi connectivity index (χ4v) is 4.54. The number of hydrogen-bond donors (Lipinski definition) is 2. The van der Waals surface area contributed by atoms with Crippen LogP contribution in [0.2, 0.25) is 0 Å². The van der Waals surface area contributed by atoms with E-state index in [4.69, 9.17) is 0 Å². The van der Waals surface area contributed by atoms with Gasteiger partial charge in [-0.25, -0.2) is 4.99 Å². The van der Waals surface area contributed by atoms with Crippen LogP contribution in [0, 0.1) is 5.92 Å². The summed E-state index contributed by atoms with van der Waals surface area (Å²) < 4.78 is 0. The van der Waals surface area contributed by atoms with Crippen molar-refractivity contribution in [3.8, 4) is 0 Å². The quantitative estimate of drug-likeness (QED) is 0.715. The highest BCUT2D eigenvalue weighted by molar-refractivity contribution is 6.20. The molecule has 7 nitrogen and oxygen atoms in total. The van der Waals surface area contributed by atoms with Crippen molar-refractivity contribution in [2.75, 3.05) is 11.9 Å². The summed E-state index contributed by atoms with van der Waals surface area (Å²) in [6.45, 7) is 1.63. The van der Waals surface area contributed by atoms with E-state index in [1.807, 2.05) is 54.6 Å². The fraction of sp³-hybridized carbons (Fsp3) is 0.385. The van der Waals surface area contributed by atoms with Gasteiger partial charge in [-0.15, -0.1) is 0 Å². The van der Waals surface area contributed by atoms with E-state index in [0.29, 0.717) is 18.1 Å². The van der Waals surface area contributed by atoms with Gasteiger partial charge in [-0.2, -0.15) is 0 Å². The number of benzene rings is 2. The standard InChI is InChI=1S/C26H30N4O3/c1-17(27-22(31)16-18-10-6-7-11-18)25(32)29-24-26(33)30(2)21-15-9-8-14-20(21)23(28-24)19-12-4-3-5-13-19/h3-5,8-9,12-15,17-18,24H,6-7,10-11,16H2,1-2H3,(H,27,31)(H,29,32)/t17-,24+/m0/s1. The summed E-state index contributed by atoms with van der Waals surface area (Å²) in [5, 5.41) is 5.51. The molecule has 2 aromatic carbocycles. The lowest BCUT2D eigenvalue weighted by Gasteiger charge is -2.22. The van der Waals surface area contributed by atoms with Crippen LogP contribution in [0.5, 0.6) is 0 Å². The van der Waals surface area contributed by atoms with Crippen molar-refractivity contribution in [2.24, 2.45) is 10.9 Å². The van der Waals surface area contributed by atoms with Gasteiger partial charge in [-0.3, -0.25) is 14.4 Å². The number of benzodiazepines with no additional fused rings is 1. The molecule has 4 rings (SSSR count). The van der Waals surface area contributed by atoms with Gasteiger partial charge in [-0.05, 0) is 31.7 Å². The van der Waals surface area contributed by atoms with Crippen molar-refractivity contribution in [1.82, 2.24) is 10.6 Å². The van der Waals surface area contributed by atoms with Gasteiger partial charge in [0.1, 0.15) is 6.04 Å². The number of amides is 3. The number of hydrogen-bond acceptors (Lipinski definition) is 4. The van der Waals surface area contributed by atoms with Crippen LogP contribution in [0.25, 0.3) is 0 Å². The Kier molecular flexibility index (Phi) is 6.87. The molecule has 0 aromatic heterocycles. The number of fused-ring (bicyclic) bond motifs is 1. The molecule has 2 N–H and O–H groups in total. The number of carbonyl (C=O) groups is 3. The van der Waals surface area contributed by atoms with E-state index < -0.39 is 18.1 Å². The Morgan fingerprint density at radius 1 is 1.06 bits per heavy atom. The average molecular weight is 447 g/mol. The van der Waals surface area contributed by atoms with Crippen molar-refractivity contribution in [1.29, 1.82) is 0 Å². The molecule has 33 heavy (non-hydrogen) atoms. The Labute approximate surface area is 194 Å². The number of aliphatic imine (C=N–C) groups is 1. The summed E-state index contributed by atoms with van der Waals surface area (Å²) in [6.07, 6.45) is 3.79. The Balaban J connectivity index is 1.54. The second-order valence-electron chi connectivity index (χ2n) is 8.81. The first-order valence-electron chi connectivity index (χ1n) is 11.5. The van der Waals surface area contributed by atoms with Crippen LogP contribution in [0.1, 0.15) is 50.2 Å². The summed E-state index contributed by atoms with van der Waals surface area (Å²) in [6, 6.07) is 16.4. The molecule has 172 valence electrons. The van der Waals surface area contributed by atoms with Crippen molar-refractivity contribution in [2.45, 2.75) is 51.2 Å². The minimum absolute atomic E-state index is 0.130. The SMILES string of the molecule is C[C@H](NC(=O)CC1CCCC1)C(=O)N[C@H]1N=C(c2ccccc2)c2ccccc2N(C)C1=O. The summed E-state index contributed by atoms with van der Waals surface area (Å²) in [5.74, 6) is -0.515. The summed E-state index contributed by atoms with van der Waals surface area (Å²) >= 11 is 0. The highest BCUT2D eigenvalue weighted by atomic mass is 16.2. The first-order valence-corrected chi connectivity index (χ1v) is 11.5. The van der Waals surface area contributed by atoms with Crippen LogP contribution in [0.4, 0.5) is 5.69 Å². The lowest BCUT2D eigenvalue weighted by atomic mass is 10.0. The second kappa shape index (κ2) is 9.98. The highest BCUT2D eigenvalue weighted by Crippen LogP contribution is 2.28. The summed E-state index contributed by atoms with van der Waals surface area (Å²) in [7, 11) is 1.68. The van der Waals surface area contributed by atoms with Crippen LogP contribution in [-0.2, 0) is 14.4 Å². The Hall–Kier alpha value is -3.48. The molecule has 1 saturated carbocycles. The number of likely N-dealkylation sites (N-methyl/N-ethyl adjacent to an activating group) is 1. The zero-order valence-electron chi connectivity index (χ0n) is 19.1. The largest absolute Gasteiger partial charge is 0.345 e. The molecule has 2 atom stereocenters. The third-order valence-electron chi connectivity index (χ3n) is 6.39. The maximum absolute atomic E-state index is 13.2. The maximum Gasteiger partial charge on any atom is 0.272 e. The zero-order valence-corrected chi connectivity index (χ0v) is 19.1. The topological polar surface area (TPSA) is 90.9 Å². The van der Waals surface area contributed by atoms with E-state index in [0.717, 1.165) is 42.5 Å². The highest BCUT2D eigenvalue weighted by Gasteiger charge is 2.32. The number of rotatable bonds is 6. The Bertz CT molecular complexity index is 1060. The molecule has 2 aliphatic rings. The monoisotopic (exact) mass is 446 g/mol. The van der Waals surface area contributed by atoms with Crippen molar-refractivity contribution in [3.05, 3.63) is 65.7 Å². The molecule has 1 heterocycles. The van der Waals surface area contributed by atoms with Crippen LogP contribution in [-0.4, -0.2) is 42.7 Å². The Morgan fingerprint density at radius 2 is 1.73 bits per heavy atom. The first-order chi connectivity index (χ1) is 15.9. The normalized spacial score (nSPS) is 19.3. The van der Waals surface area contributed by atoms with E-state index in [2.05, 4.69) is 15.6 Å². The number of nitrogens with one attached hydrogen (secondary N) is 2. The van der Waals surface area contributed by atoms with E-state index in [1.54, 1.807) is 14.0 Å². The van der Waals surface area contributed by atoms with Crippen molar-refractivity contribution >= 4 is 29.1 Å². The molecule has 0 spiro atoms. The maximum atomic E-state index is 13.2. The predicted molar refractivity (Wildman–Crippen MR) is 128 cm³/mol. The number of anilines is 1.